The first-order chi connectivity index (χ1) is 20.8. The zero-order valence-corrected chi connectivity index (χ0v) is 26.7. The monoisotopic (exact) mass is 608 g/mol. The second-order valence-electron chi connectivity index (χ2n) is 10.7. The number of unbranched alkanes of at least 4 members (excludes halogenated alkanes) is 6. The van der Waals surface area contributed by atoms with Gasteiger partial charge in [0.1, 0.15) is 23.4 Å². The van der Waals surface area contributed by atoms with Crippen LogP contribution in [0, 0.1) is 5.82 Å². The molecule has 0 aliphatic rings. The fourth-order valence-electron chi connectivity index (χ4n) is 4.56. The van der Waals surface area contributed by atoms with Gasteiger partial charge in [-0.3, -0.25) is 4.79 Å². The summed E-state index contributed by atoms with van der Waals surface area (Å²) in [6.45, 7) is 8.42. The quantitative estimate of drug-likeness (QED) is 0.0814. The van der Waals surface area contributed by atoms with Crippen LogP contribution in [-0.4, -0.2) is 29.9 Å². The third-order valence-electron chi connectivity index (χ3n) is 7.27. The van der Waals surface area contributed by atoms with Gasteiger partial charge in [0.25, 0.3) is 0 Å². The maximum absolute atomic E-state index is 14.8. The van der Waals surface area contributed by atoms with Crippen molar-refractivity contribution in [2.24, 2.45) is 0 Å². The lowest BCUT2D eigenvalue weighted by molar-refractivity contribution is -0.157. The Morgan fingerprint density at radius 1 is 0.767 bits per heavy atom. The van der Waals surface area contributed by atoms with Gasteiger partial charge in [-0.05, 0) is 85.5 Å². The fourth-order valence-corrected chi connectivity index (χ4v) is 5.30. The van der Waals surface area contributed by atoms with E-state index in [1.165, 1.54) is 50.7 Å². The molecule has 0 radical (unpaired) electrons. The predicted octanol–water partition coefficient (Wildman–Crippen LogP) is 10.1. The molecule has 0 amide bonds. The molecule has 3 aromatic carbocycles. The molecular formula is C36H45FO5S. The number of esters is 1. The van der Waals surface area contributed by atoms with Crippen LogP contribution in [0.3, 0.4) is 0 Å². The largest absolute Gasteiger partial charge is 0.494 e. The van der Waals surface area contributed by atoms with Crippen LogP contribution in [0.2, 0.25) is 0 Å². The van der Waals surface area contributed by atoms with Crippen molar-refractivity contribution >= 4 is 22.8 Å². The summed E-state index contributed by atoms with van der Waals surface area (Å²) in [5.74, 6) is -0.0363. The highest BCUT2D eigenvalue weighted by atomic mass is 32.2. The van der Waals surface area contributed by atoms with Crippen molar-refractivity contribution in [1.29, 1.82) is 0 Å². The van der Waals surface area contributed by atoms with Crippen LogP contribution >= 0.6 is 11.8 Å². The molecule has 3 aromatic rings. The highest BCUT2D eigenvalue weighted by molar-refractivity contribution is 8.14. The Hall–Kier alpha value is -3.32. The van der Waals surface area contributed by atoms with Gasteiger partial charge in [0.15, 0.2) is 6.10 Å². The lowest BCUT2D eigenvalue weighted by Crippen LogP contribution is -2.29. The first-order valence-electron chi connectivity index (χ1n) is 15.6. The lowest BCUT2D eigenvalue weighted by atomic mass is 10.0. The number of carbonyl (C=O) groups excluding carboxylic acids is 2. The number of rotatable bonds is 18. The molecule has 5 nitrogen and oxygen atoms in total. The first kappa shape index (κ1) is 34.2. The average molecular weight is 609 g/mol. The van der Waals surface area contributed by atoms with E-state index < -0.39 is 17.9 Å². The number of ether oxygens (including phenoxy) is 3. The molecule has 0 spiro atoms. The summed E-state index contributed by atoms with van der Waals surface area (Å²) in [6.07, 6.45) is 9.16. The minimum Gasteiger partial charge on any atom is -0.494 e. The number of halogens is 1. The van der Waals surface area contributed by atoms with E-state index in [9.17, 15) is 14.0 Å². The summed E-state index contributed by atoms with van der Waals surface area (Å²) in [6, 6.07) is 19.4. The van der Waals surface area contributed by atoms with Gasteiger partial charge in [-0.2, -0.15) is 0 Å². The Kier molecular flexibility index (Phi) is 14.6. The third-order valence-corrected chi connectivity index (χ3v) is 8.24. The van der Waals surface area contributed by atoms with Gasteiger partial charge in [0.05, 0.1) is 11.5 Å². The number of hydrogen-bond acceptors (Lipinski definition) is 6. The van der Waals surface area contributed by atoms with E-state index in [0.29, 0.717) is 18.4 Å². The number of thioether (sulfide) groups is 1. The molecule has 0 fully saturated rings. The SMILES string of the molecule is CCCCCCCCCOc1ccc(-c2ccc(C(=O)Sc3ccc(OC(C)C(=O)OC(CC)CC)cc3F)cc2)cc1. The van der Waals surface area contributed by atoms with E-state index in [2.05, 4.69) is 6.92 Å². The molecule has 43 heavy (non-hydrogen) atoms. The van der Waals surface area contributed by atoms with Crippen molar-refractivity contribution in [3.8, 4) is 22.6 Å². The number of benzene rings is 3. The Morgan fingerprint density at radius 2 is 1.35 bits per heavy atom. The Bertz CT molecular complexity index is 1270. The van der Waals surface area contributed by atoms with Crippen molar-refractivity contribution < 1.29 is 28.2 Å². The highest BCUT2D eigenvalue weighted by Crippen LogP contribution is 2.30. The zero-order chi connectivity index (χ0) is 31.0. The summed E-state index contributed by atoms with van der Waals surface area (Å²) in [5, 5.41) is -0.268. The molecule has 0 N–H and O–H groups in total. The van der Waals surface area contributed by atoms with Crippen LogP contribution < -0.4 is 9.47 Å². The second kappa shape index (κ2) is 18.4. The molecule has 232 valence electrons. The van der Waals surface area contributed by atoms with E-state index in [0.717, 1.165) is 41.7 Å². The molecule has 0 aromatic heterocycles. The Balaban J connectivity index is 1.48. The second-order valence-corrected chi connectivity index (χ2v) is 11.7. The van der Waals surface area contributed by atoms with Gasteiger partial charge < -0.3 is 14.2 Å². The van der Waals surface area contributed by atoms with Crippen LogP contribution in [0.4, 0.5) is 4.39 Å². The van der Waals surface area contributed by atoms with Gasteiger partial charge in [-0.15, -0.1) is 0 Å². The van der Waals surface area contributed by atoms with E-state index in [1.54, 1.807) is 25.1 Å². The van der Waals surface area contributed by atoms with Gasteiger partial charge >= 0.3 is 5.97 Å². The van der Waals surface area contributed by atoms with Gasteiger partial charge in [0, 0.05) is 11.6 Å². The van der Waals surface area contributed by atoms with Gasteiger partial charge in [0.2, 0.25) is 5.12 Å². The average Bonchev–Trinajstić information content (AvgIpc) is 3.02. The molecular weight excluding hydrogens is 563 g/mol. The lowest BCUT2D eigenvalue weighted by Gasteiger charge is -2.18. The van der Waals surface area contributed by atoms with Gasteiger partial charge in [-0.1, -0.05) is 83.6 Å². The number of hydrogen-bond donors (Lipinski definition) is 0. The van der Waals surface area contributed by atoms with E-state index in [1.807, 2.05) is 50.2 Å². The molecule has 0 bridgehead atoms. The molecule has 1 unspecified atom stereocenters. The molecule has 3 rings (SSSR count). The van der Waals surface area contributed by atoms with Crippen LogP contribution in [0.5, 0.6) is 11.5 Å². The maximum Gasteiger partial charge on any atom is 0.347 e. The smallest absolute Gasteiger partial charge is 0.347 e. The summed E-state index contributed by atoms with van der Waals surface area (Å²) >= 11 is 0.813. The third kappa shape index (κ3) is 11.4. The topological polar surface area (TPSA) is 61.8 Å². The minimum absolute atomic E-state index is 0.168. The van der Waals surface area contributed by atoms with E-state index >= 15 is 0 Å². The van der Waals surface area contributed by atoms with Crippen molar-refractivity contribution in [2.75, 3.05) is 6.61 Å². The van der Waals surface area contributed by atoms with Crippen molar-refractivity contribution in [1.82, 2.24) is 0 Å². The minimum atomic E-state index is -0.878. The standard InChI is InChI=1S/C36H45FO5S/c1-5-8-9-10-11-12-13-24-40-31-20-18-28(19-21-31)27-14-16-29(17-15-27)36(39)43-34-23-22-32(25-33(34)37)41-26(4)35(38)42-30(6-2)7-3/h14-23,25-26,30H,5-13,24H2,1-4H3. The van der Waals surface area contributed by atoms with Crippen LogP contribution in [-0.2, 0) is 9.53 Å². The maximum atomic E-state index is 14.8. The first-order valence-corrected chi connectivity index (χ1v) is 16.4. The summed E-state index contributed by atoms with van der Waals surface area (Å²) in [5.41, 5.74) is 2.47. The van der Waals surface area contributed by atoms with Gasteiger partial charge in [-0.25, -0.2) is 9.18 Å². The molecule has 0 aliphatic carbocycles. The highest BCUT2D eigenvalue weighted by Gasteiger charge is 2.21. The van der Waals surface area contributed by atoms with Crippen molar-refractivity contribution in [2.45, 2.75) is 103 Å². The number of carbonyl (C=O) groups is 2. The predicted molar refractivity (Wildman–Crippen MR) is 173 cm³/mol. The van der Waals surface area contributed by atoms with Crippen LogP contribution in [0.1, 0.15) is 95.8 Å². The van der Waals surface area contributed by atoms with Crippen molar-refractivity contribution in [3.63, 3.8) is 0 Å². The summed E-state index contributed by atoms with van der Waals surface area (Å²) in [7, 11) is 0. The van der Waals surface area contributed by atoms with Crippen molar-refractivity contribution in [3.05, 3.63) is 78.1 Å². The van der Waals surface area contributed by atoms with E-state index in [-0.39, 0.29) is 21.9 Å². The fraction of sp³-hybridized carbons (Fsp3) is 0.444. The van der Waals surface area contributed by atoms with E-state index in [4.69, 9.17) is 14.2 Å². The molecule has 0 saturated heterocycles. The molecule has 7 heteroatoms. The summed E-state index contributed by atoms with van der Waals surface area (Å²) in [4.78, 5) is 25.3. The Labute approximate surface area is 260 Å². The normalized spacial score (nSPS) is 11.8. The molecule has 0 heterocycles. The zero-order valence-electron chi connectivity index (χ0n) is 25.9. The summed E-state index contributed by atoms with van der Waals surface area (Å²) < 4.78 is 31.7. The van der Waals surface area contributed by atoms with Crippen LogP contribution in [0.25, 0.3) is 11.1 Å². The molecule has 0 aliphatic heterocycles. The molecule has 0 saturated carbocycles. The Morgan fingerprint density at radius 3 is 1.95 bits per heavy atom. The molecule has 1 atom stereocenters. The van der Waals surface area contributed by atoms with Crippen LogP contribution in [0.15, 0.2) is 71.6 Å².